The summed E-state index contributed by atoms with van der Waals surface area (Å²) >= 11 is 0. The first-order valence-electron chi connectivity index (χ1n) is 45.4. The summed E-state index contributed by atoms with van der Waals surface area (Å²) in [4.78, 5) is 73.3. The summed E-state index contributed by atoms with van der Waals surface area (Å²) in [6, 6.07) is 0. The van der Waals surface area contributed by atoms with Crippen LogP contribution in [0.3, 0.4) is 0 Å². The number of ether oxygens (including phenoxy) is 4. The van der Waals surface area contributed by atoms with E-state index < -0.39 is 97.5 Å². The van der Waals surface area contributed by atoms with Crippen LogP contribution in [-0.4, -0.2) is 96.7 Å². The number of carbonyl (C=O) groups is 4. The lowest BCUT2D eigenvalue weighted by atomic mass is 9.99. The highest BCUT2D eigenvalue weighted by Gasteiger charge is 2.31. The Morgan fingerprint density at radius 2 is 0.477 bits per heavy atom. The molecule has 0 fully saturated rings. The smallest absolute Gasteiger partial charge is 0.462 e. The van der Waals surface area contributed by atoms with Gasteiger partial charge in [0.15, 0.2) is 12.2 Å². The summed E-state index contributed by atoms with van der Waals surface area (Å²) in [7, 11) is -9.93. The lowest BCUT2D eigenvalue weighted by Crippen LogP contribution is -2.30. The van der Waals surface area contributed by atoms with E-state index in [9.17, 15) is 43.2 Å². The Balaban J connectivity index is 5.24. The third-order valence-corrected chi connectivity index (χ3v) is 23.3. The molecule has 0 spiro atoms. The molecule has 0 amide bonds. The molecule has 0 aromatic heterocycles. The molecule has 0 aliphatic heterocycles. The zero-order valence-electron chi connectivity index (χ0n) is 70.6. The number of aliphatic hydroxyl groups is 1. The van der Waals surface area contributed by atoms with Crippen molar-refractivity contribution in [3.8, 4) is 0 Å². The highest BCUT2D eigenvalue weighted by atomic mass is 31.2. The SMILES string of the molecule is CCCCCCCCCCCCCCC(=O)OC[C@H](COP(=O)(O)OC[C@H](O)COP(=O)(O)OC[C@@H](COC(=O)CCCCCCCCCCCCCCCCCCC(C)C)OC(=O)CCCCCCCCCCCCCCCCCCCCC(C)CC)OC(=O)CCCCCCCCCCCCC(C)CC. The van der Waals surface area contributed by atoms with Crippen molar-refractivity contribution in [3.05, 3.63) is 0 Å². The van der Waals surface area contributed by atoms with Crippen LogP contribution in [0.1, 0.15) is 466 Å². The predicted molar refractivity (Wildman–Crippen MR) is 441 cm³/mol. The Labute approximate surface area is 658 Å². The molecule has 107 heavy (non-hydrogen) atoms. The fraction of sp³-hybridized carbons (Fsp3) is 0.955. The van der Waals surface area contributed by atoms with Crippen LogP contribution in [0.2, 0.25) is 0 Å². The summed E-state index contributed by atoms with van der Waals surface area (Å²) in [5.74, 6) is 0.386. The molecule has 17 nitrogen and oxygen atoms in total. The topological polar surface area (TPSA) is 237 Å². The molecule has 0 bridgehead atoms. The van der Waals surface area contributed by atoms with Gasteiger partial charge in [0.25, 0.3) is 0 Å². The van der Waals surface area contributed by atoms with Crippen LogP contribution in [0.15, 0.2) is 0 Å². The van der Waals surface area contributed by atoms with Gasteiger partial charge in [-0.15, -0.1) is 0 Å². The quantitative estimate of drug-likeness (QED) is 0.0222. The van der Waals surface area contributed by atoms with Crippen molar-refractivity contribution >= 4 is 39.5 Å². The number of hydrogen-bond donors (Lipinski definition) is 3. The Morgan fingerprint density at radius 1 is 0.271 bits per heavy atom. The van der Waals surface area contributed by atoms with Crippen molar-refractivity contribution in [1.29, 1.82) is 0 Å². The molecule has 0 rings (SSSR count). The molecule has 4 unspecified atom stereocenters. The van der Waals surface area contributed by atoms with Gasteiger partial charge in [0.1, 0.15) is 19.3 Å². The van der Waals surface area contributed by atoms with E-state index in [-0.39, 0.29) is 25.7 Å². The molecular weight excluding hydrogens is 1390 g/mol. The largest absolute Gasteiger partial charge is 0.472 e. The molecule has 7 atom stereocenters. The minimum absolute atomic E-state index is 0.107. The van der Waals surface area contributed by atoms with Gasteiger partial charge < -0.3 is 33.8 Å². The number of esters is 4. The fourth-order valence-corrected chi connectivity index (χ4v) is 15.2. The summed E-state index contributed by atoms with van der Waals surface area (Å²) in [5, 5.41) is 10.7. The first kappa shape index (κ1) is 105. The van der Waals surface area contributed by atoms with Gasteiger partial charge >= 0.3 is 39.5 Å². The highest BCUT2D eigenvalue weighted by molar-refractivity contribution is 7.47. The van der Waals surface area contributed by atoms with E-state index in [1.165, 1.54) is 276 Å². The Bertz CT molecular complexity index is 2060. The van der Waals surface area contributed by atoms with Crippen LogP contribution >= 0.6 is 15.6 Å². The summed E-state index contributed by atoms with van der Waals surface area (Å²) in [5.41, 5.74) is 0. The number of hydrogen-bond acceptors (Lipinski definition) is 15. The number of aliphatic hydroxyl groups excluding tert-OH is 1. The van der Waals surface area contributed by atoms with E-state index in [1.54, 1.807) is 0 Å². The first-order valence-corrected chi connectivity index (χ1v) is 48.4. The molecule has 0 aromatic rings. The third-order valence-electron chi connectivity index (χ3n) is 21.4. The fourth-order valence-electron chi connectivity index (χ4n) is 13.7. The van der Waals surface area contributed by atoms with Gasteiger partial charge in [-0.2, -0.15) is 0 Å². The van der Waals surface area contributed by atoms with E-state index in [0.717, 1.165) is 108 Å². The molecule has 636 valence electrons. The molecule has 19 heteroatoms. The second kappa shape index (κ2) is 78.0. The van der Waals surface area contributed by atoms with E-state index >= 15 is 0 Å². The second-order valence-electron chi connectivity index (χ2n) is 32.6. The van der Waals surface area contributed by atoms with Crippen molar-refractivity contribution < 1.29 is 80.2 Å². The van der Waals surface area contributed by atoms with Gasteiger partial charge in [-0.1, -0.05) is 414 Å². The van der Waals surface area contributed by atoms with Crippen molar-refractivity contribution in [2.24, 2.45) is 17.8 Å². The second-order valence-corrected chi connectivity index (χ2v) is 35.5. The molecule has 0 saturated carbocycles. The maximum absolute atomic E-state index is 13.2. The molecule has 0 heterocycles. The Hall–Kier alpha value is -1.94. The third kappa shape index (κ3) is 79.1. The van der Waals surface area contributed by atoms with Crippen LogP contribution < -0.4 is 0 Å². The molecule has 3 N–H and O–H groups in total. The lowest BCUT2D eigenvalue weighted by molar-refractivity contribution is -0.161. The standard InChI is InChI=1S/C88H172O17P2/c1-8-11-12-13-14-15-16-33-41-48-55-62-69-85(90)98-76-84(105-88(93)72-65-58-51-44-37-36-40-47-54-61-68-81(7)10-3)78-103-107(96,97)101-74-82(89)73-100-106(94,95)102-77-83(75-99-86(91)70-63-56-49-42-34-29-25-22-21-23-27-31-38-45-52-59-66-79(4)5)104-87(92)71-64-57-50-43-35-30-26-20-18-17-19-24-28-32-39-46-53-60-67-80(6)9-2/h79-84,89H,8-78H2,1-7H3,(H,94,95)(H,96,97)/t80?,81?,82-,83-,84-/m1/s1. The van der Waals surface area contributed by atoms with Gasteiger partial charge in [0, 0.05) is 25.7 Å². The Morgan fingerprint density at radius 3 is 0.710 bits per heavy atom. The molecule has 0 radical (unpaired) electrons. The predicted octanol–water partition coefficient (Wildman–Crippen LogP) is 26.9. The minimum Gasteiger partial charge on any atom is -0.462 e. The zero-order chi connectivity index (χ0) is 78.6. The number of rotatable bonds is 86. The van der Waals surface area contributed by atoms with Gasteiger partial charge in [-0.05, 0) is 43.4 Å². The van der Waals surface area contributed by atoms with Crippen LogP contribution in [0.5, 0.6) is 0 Å². The molecule has 0 aliphatic carbocycles. The lowest BCUT2D eigenvalue weighted by Gasteiger charge is -2.21. The van der Waals surface area contributed by atoms with E-state index in [1.807, 2.05) is 0 Å². The van der Waals surface area contributed by atoms with Crippen molar-refractivity contribution in [3.63, 3.8) is 0 Å². The van der Waals surface area contributed by atoms with E-state index in [4.69, 9.17) is 37.0 Å². The number of unbranched alkanes of at least 4 members (excludes halogenated alkanes) is 52. The summed E-state index contributed by atoms with van der Waals surface area (Å²) in [6.07, 6.45) is 69.3. The molecule has 0 aromatic carbocycles. The maximum Gasteiger partial charge on any atom is 0.472 e. The van der Waals surface area contributed by atoms with Gasteiger partial charge in [-0.25, -0.2) is 9.13 Å². The van der Waals surface area contributed by atoms with Crippen LogP contribution in [-0.2, 0) is 65.4 Å². The molecule has 0 saturated heterocycles. The minimum atomic E-state index is -4.97. The van der Waals surface area contributed by atoms with Crippen LogP contribution in [0, 0.1) is 17.8 Å². The number of carbonyl (C=O) groups excluding carboxylic acids is 4. The molecule has 0 aliphatic rings. The van der Waals surface area contributed by atoms with Crippen molar-refractivity contribution in [2.75, 3.05) is 39.6 Å². The van der Waals surface area contributed by atoms with Gasteiger partial charge in [0.2, 0.25) is 0 Å². The summed E-state index contributed by atoms with van der Waals surface area (Å²) < 4.78 is 69.0. The van der Waals surface area contributed by atoms with Crippen molar-refractivity contribution in [1.82, 2.24) is 0 Å². The Kier molecular flexibility index (Phi) is 76.6. The first-order chi connectivity index (χ1) is 51.8. The zero-order valence-corrected chi connectivity index (χ0v) is 72.4. The van der Waals surface area contributed by atoms with Crippen LogP contribution in [0.25, 0.3) is 0 Å². The number of phosphoric acid groups is 2. The summed E-state index contributed by atoms with van der Waals surface area (Å²) in [6.45, 7) is 12.1. The maximum atomic E-state index is 13.2. The highest BCUT2D eigenvalue weighted by Crippen LogP contribution is 2.45. The monoisotopic (exact) mass is 1560 g/mol. The van der Waals surface area contributed by atoms with Crippen molar-refractivity contribution in [2.45, 2.75) is 484 Å². The average molecular weight is 1560 g/mol. The molecular formula is C88H172O17P2. The van der Waals surface area contributed by atoms with Crippen LogP contribution in [0.4, 0.5) is 0 Å². The normalized spacial score (nSPS) is 14.3. The van der Waals surface area contributed by atoms with E-state index in [2.05, 4.69) is 48.5 Å². The van der Waals surface area contributed by atoms with Gasteiger partial charge in [0.05, 0.1) is 26.4 Å². The van der Waals surface area contributed by atoms with E-state index in [0.29, 0.717) is 25.7 Å². The average Bonchev–Trinajstić information content (AvgIpc) is 0.920. The number of phosphoric ester groups is 2. The van der Waals surface area contributed by atoms with Gasteiger partial charge in [-0.3, -0.25) is 37.3 Å².